The van der Waals surface area contributed by atoms with E-state index in [9.17, 15) is 0 Å². The van der Waals surface area contributed by atoms with Crippen molar-refractivity contribution in [3.05, 3.63) is 35.4 Å². The molecular formula is C14H21N3OS. The van der Waals surface area contributed by atoms with Crippen LogP contribution in [0.5, 0.6) is 0 Å². The van der Waals surface area contributed by atoms with Crippen molar-refractivity contribution in [1.82, 2.24) is 4.90 Å². The third-order valence-electron chi connectivity index (χ3n) is 3.29. The maximum absolute atomic E-state index is 8.85. The molecule has 3 N–H and O–H groups in total. The highest BCUT2D eigenvalue weighted by Crippen LogP contribution is 2.26. The van der Waals surface area contributed by atoms with Crippen LogP contribution in [0.4, 0.5) is 0 Å². The number of thioether (sulfide) groups is 1. The first-order valence-electron chi connectivity index (χ1n) is 6.53. The SMILES string of the molecule is CC1CN(Cc2ccccc2C(N)=NO)CC(C)S1. The molecule has 1 aromatic carbocycles. The van der Waals surface area contributed by atoms with E-state index in [1.165, 1.54) is 0 Å². The Balaban J connectivity index is 2.15. The Labute approximate surface area is 118 Å². The van der Waals surface area contributed by atoms with Gasteiger partial charge in [-0.2, -0.15) is 11.8 Å². The van der Waals surface area contributed by atoms with Gasteiger partial charge in [0.25, 0.3) is 0 Å². The molecule has 19 heavy (non-hydrogen) atoms. The fraction of sp³-hybridized carbons (Fsp3) is 0.500. The first-order valence-corrected chi connectivity index (χ1v) is 7.48. The summed E-state index contributed by atoms with van der Waals surface area (Å²) in [5.41, 5.74) is 7.67. The van der Waals surface area contributed by atoms with Gasteiger partial charge >= 0.3 is 0 Å². The predicted octanol–water partition coefficient (Wildman–Crippen LogP) is 2.11. The third kappa shape index (κ3) is 3.64. The van der Waals surface area contributed by atoms with Crippen LogP contribution in [0.25, 0.3) is 0 Å². The standard InChI is InChI=1S/C14H21N3OS/c1-10-7-17(8-11(2)19-10)9-12-5-3-4-6-13(12)14(15)16-18/h3-6,10-11,18H,7-9H2,1-2H3,(H2,15,16). The van der Waals surface area contributed by atoms with E-state index >= 15 is 0 Å². The second-order valence-corrected chi connectivity index (χ2v) is 6.98. The van der Waals surface area contributed by atoms with Crippen LogP contribution in [-0.2, 0) is 6.54 Å². The lowest BCUT2D eigenvalue weighted by molar-refractivity contribution is 0.262. The van der Waals surface area contributed by atoms with Crippen LogP contribution in [0.3, 0.4) is 0 Å². The maximum Gasteiger partial charge on any atom is 0.170 e. The van der Waals surface area contributed by atoms with Gasteiger partial charge in [-0.15, -0.1) is 0 Å². The number of oxime groups is 1. The number of rotatable bonds is 3. The maximum atomic E-state index is 8.85. The van der Waals surface area contributed by atoms with Gasteiger partial charge in [0.1, 0.15) is 0 Å². The molecule has 0 spiro atoms. The fourth-order valence-corrected chi connectivity index (χ4v) is 4.00. The quantitative estimate of drug-likeness (QED) is 0.385. The summed E-state index contributed by atoms with van der Waals surface area (Å²) in [7, 11) is 0. The minimum atomic E-state index is 0.183. The molecule has 4 nitrogen and oxygen atoms in total. The van der Waals surface area contributed by atoms with Crippen LogP contribution in [0, 0.1) is 0 Å². The van der Waals surface area contributed by atoms with Crippen molar-refractivity contribution in [2.24, 2.45) is 10.9 Å². The van der Waals surface area contributed by atoms with E-state index in [1.54, 1.807) is 0 Å². The predicted molar refractivity (Wildman–Crippen MR) is 80.7 cm³/mol. The molecule has 0 aliphatic carbocycles. The zero-order valence-corrected chi connectivity index (χ0v) is 12.2. The second-order valence-electron chi connectivity index (χ2n) is 5.09. The molecule has 1 aliphatic rings. The Morgan fingerprint density at radius 1 is 1.37 bits per heavy atom. The number of nitrogens with zero attached hydrogens (tertiary/aromatic N) is 2. The number of hydrogen-bond acceptors (Lipinski definition) is 4. The fourth-order valence-electron chi connectivity index (χ4n) is 2.62. The van der Waals surface area contributed by atoms with E-state index in [0.29, 0.717) is 10.5 Å². The highest BCUT2D eigenvalue weighted by molar-refractivity contribution is 8.00. The van der Waals surface area contributed by atoms with Gasteiger partial charge in [0.05, 0.1) is 0 Å². The van der Waals surface area contributed by atoms with E-state index in [0.717, 1.165) is 30.8 Å². The van der Waals surface area contributed by atoms with Crippen molar-refractivity contribution >= 4 is 17.6 Å². The van der Waals surface area contributed by atoms with E-state index in [2.05, 4.69) is 23.9 Å². The van der Waals surface area contributed by atoms with Crippen LogP contribution >= 0.6 is 11.8 Å². The minimum absolute atomic E-state index is 0.183. The molecule has 0 aromatic heterocycles. The van der Waals surface area contributed by atoms with Gasteiger partial charge in [-0.25, -0.2) is 0 Å². The van der Waals surface area contributed by atoms with E-state index in [-0.39, 0.29) is 5.84 Å². The first kappa shape index (κ1) is 14.2. The molecule has 5 heteroatoms. The van der Waals surface area contributed by atoms with Gasteiger partial charge in [0, 0.05) is 35.7 Å². The first-order chi connectivity index (χ1) is 9.10. The molecule has 1 aromatic rings. The van der Waals surface area contributed by atoms with Gasteiger partial charge < -0.3 is 10.9 Å². The van der Waals surface area contributed by atoms with Crippen molar-refractivity contribution < 1.29 is 5.21 Å². The normalized spacial score (nSPS) is 25.5. The van der Waals surface area contributed by atoms with Crippen LogP contribution in [-0.4, -0.2) is 39.5 Å². The molecule has 2 atom stereocenters. The molecular weight excluding hydrogens is 258 g/mol. The Morgan fingerprint density at radius 2 is 2.00 bits per heavy atom. The van der Waals surface area contributed by atoms with Gasteiger partial charge in [-0.1, -0.05) is 43.3 Å². The van der Waals surface area contributed by atoms with E-state index in [1.807, 2.05) is 36.0 Å². The summed E-state index contributed by atoms with van der Waals surface area (Å²) < 4.78 is 0. The molecule has 0 amide bonds. The summed E-state index contributed by atoms with van der Waals surface area (Å²) in [5, 5.41) is 13.3. The Hall–Kier alpha value is -1.20. The van der Waals surface area contributed by atoms with Crippen LogP contribution in [0.2, 0.25) is 0 Å². The summed E-state index contributed by atoms with van der Waals surface area (Å²) in [5.74, 6) is 0.183. The largest absolute Gasteiger partial charge is 0.409 e. The lowest BCUT2D eigenvalue weighted by Gasteiger charge is -2.34. The summed E-state index contributed by atoms with van der Waals surface area (Å²) in [6.07, 6.45) is 0. The Morgan fingerprint density at radius 3 is 2.63 bits per heavy atom. The average Bonchev–Trinajstić information content (AvgIpc) is 2.37. The summed E-state index contributed by atoms with van der Waals surface area (Å²) in [6, 6.07) is 7.85. The van der Waals surface area contributed by atoms with Crippen LogP contribution < -0.4 is 5.73 Å². The van der Waals surface area contributed by atoms with Crippen LogP contribution in [0.1, 0.15) is 25.0 Å². The molecule has 1 heterocycles. The minimum Gasteiger partial charge on any atom is -0.409 e. The highest BCUT2D eigenvalue weighted by Gasteiger charge is 2.22. The molecule has 1 aliphatic heterocycles. The molecule has 2 rings (SSSR count). The molecule has 0 bridgehead atoms. The van der Waals surface area contributed by atoms with Crippen LogP contribution in [0.15, 0.2) is 29.4 Å². The smallest absolute Gasteiger partial charge is 0.170 e. The molecule has 2 unspecified atom stereocenters. The summed E-state index contributed by atoms with van der Waals surface area (Å²) in [4.78, 5) is 2.44. The molecule has 0 saturated carbocycles. The number of nitrogens with two attached hydrogens (primary N) is 1. The number of benzene rings is 1. The number of hydrogen-bond donors (Lipinski definition) is 2. The van der Waals surface area contributed by atoms with Crippen molar-refractivity contribution in [3.63, 3.8) is 0 Å². The zero-order chi connectivity index (χ0) is 13.8. The van der Waals surface area contributed by atoms with Gasteiger partial charge in [0.2, 0.25) is 0 Å². The van der Waals surface area contributed by atoms with E-state index in [4.69, 9.17) is 10.9 Å². The Kier molecular flexibility index (Phi) is 4.71. The molecule has 1 fully saturated rings. The molecule has 0 radical (unpaired) electrons. The Bertz CT molecular complexity index is 454. The third-order valence-corrected chi connectivity index (χ3v) is 4.52. The lowest BCUT2D eigenvalue weighted by atomic mass is 10.1. The van der Waals surface area contributed by atoms with Crippen molar-refractivity contribution in [3.8, 4) is 0 Å². The lowest BCUT2D eigenvalue weighted by Crippen LogP contribution is -2.40. The van der Waals surface area contributed by atoms with Gasteiger partial charge in [0.15, 0.2) is 5.84 Å². The van der Waals surface area contributed by atoms with Crippen molar-refractivity contribution in [2.75, 3.05) is 13.1 Å². The molecule has 104 valence electrons. The highest BCUT2D eigenvalue weighted by atomic mass is 32.2. The van der Waals surface area contributed by atoms with Crippen molar-refractivity contribution in [1.29, 1.82) is 0 Å². The van der Waals surface area contributed by atoms with E-state index < -0.39 is 0 Å². The molecule has 1 saturated heterocycles. The van der Waals surface area contributed by atoms with Crippen molar-refractivity contribution in [2.45, 2.75) is 30.9 Å². The summed E-state index contributed by atoms with van der Waals surface area (Å²) >= 11 is 2.04. The second kappa shape index (κ2) is 6.30. The van der Waals surface area contributed by atoms with Gasteiger partial charge in [-0.05, 0) is 5.56 Å². The zero-order valence-electron chi connectivity index (χ0n) is 11.4. The monoisotopic (exact) mass is 279 g/mol. The average molecular weight is 279 g/mol. The topological polar surface area (TPSA) is 61.8 Å². The van der Waals surface area contributed by atoms with Gasteiger partial charge in [-0.3, -0.25) is 4.90 Å². The summed E-state index contributed by atoms with van der Waals surface area (Å²) in [6.45, 7) is 7.55. The number of amidine groups is 1.